The van der Waals surface area contributed by atoms with Crippen molar-refractivity contribution >= 4 is 33.0 Å². The standard InChI is InChI=1S/C14H16N2O4S2/c1-9(2)20-12-5-3-11(4-6-12)16-14(17)10-7-13(21-8-10)22(15,18)19/h3-9H,1-2H3,(H,16,17)(H2,15,18,19). The van der Waals surface area contributed by atoms with Crippen LogP contribution >= 0.6 is 11.3 Å². The molecule has 3 N–H and O–H groups in total. The van der Waals surface area contributed by atoms with Crippen molar-refractivity contribution in [3.05, 3.63) is 41.3 Å². The number of ether oxygens (including phenoxy) is 1. The topological polar surface area (TPSA) is 98.5 Å². The van der Waals surface area contributed by atoms with E-state index in [0.29, 0.717) is 11.4 Å². The molecule has 0 bridgehead atoms. The van der Waals surface area contributed by atoms with Crippen LogP contribution in [0.2, 0.25) is 0 Å². The van der Waals surface area contributed by atoms with E-state index in [1.54, 1.807) is 24.3 Å². The van der Waals surface area contributed by atoms with Gasteiger partial charge in [0.25, 0.3) is 5.91 Å². The van der Waals surface area contributed by atoms with Crippen molar-refractivity contribution < 1.29 is 17.9 Å². The lowest BCUT2D eigenvalue weighted by atomic mass is 10.2. The number of sulfonamides is 1. The van der Waals surface area contributed by atoms with Crippen molar-refractivity contribution in [1.29, 1.82) is 0 Å². The molecule has 2 rings (SSSR count). The maximum absolute atomic E-state index is 12.0. The summed E-state index contributed by atoms with van der Waals surface area (Å²) in [7, 11) is -3.78. The summed E-state index contributed by atoms with van der Waals surface area (Å²) >= 11 is 0.911. The summed E-state index contributed by atoms with van der Waals surface area (Å²) in [5, 5.41) is 9.15. The van der Waals surface area contributed by atoms with Gasteiger partial charge < -0.3 is 10.1 Å². The molecule has 1 aromatic carbocycles. The van der Waals surface area contributed by atoms with E-state index in [2.05, 4.69) is 5.32 Å². The molecule has 22 heavy (non-hydrogen) atoms. The van der Waals surface area contributed by atoms with Gasteiger partial charge in [-0.2, -0.15) is 0 Å². The van der Waals surface area contributed by atoms with E-state index in [1.807, 2.05) is 13.8 Å². The summed E-state index contributed by atoms with van der Waals surface area (Å²) in [5.74, 6) is 0.309. The molecule has 1 aromatic heterocycles. The minimum absolute atomic E-state index is 0.0432. The van der Waals surface area contributed by atoms with Crippen LogP contribution in [0.5, 0.6) is 5.75 Å². The lowest BCUT2D eigenvalue weighted by Crippen LogP contribution is -2.12. The lowest BCUT2D eigenvalue weighted by Gasteiger charge is -2.10. The van der Waals surface area contributed by atoms with Crippen LogP contribution in [-0.4, -0.2) is 20.4 Å². The molecule has 8 heteroatoms. The fourth-order valence-corrected chi connectivity index (χ4v) is 3.26. The minimum atomic E-state index is -3.78. The van der Waals surface area contributed by atoms with Gasteiger partial charge in [-0.05, 0) is 44.2 Å². The lowest BCUT2D eigenvalue weighted by molar-refractivity contribution is 0.102. The Morgan fingerprint density at radius 2 is 1.91 bits per heavy atom. The number of primary sulfonamides is 1. The van der Waals surface area contributed by atoms with Gasteiger partial charge in [0, 0.05) is 11.1 Å². The molecule has 0 aliphatic heterocycles. The third-order valence-corrected chi connectivity index (χ3v) is 4.99. The molecule has 6 nitrogen and oxygen atoms in total. The van der Waals surface area contributed by atoms with E-state index in [9.17, 15) is 13.2 Å². The van der Waals surface area contributed by atoms with Crippen LogP contribution in [0.15, 0.2) is 39.9 Å². The van der Waals surface area contributed by atoms with Crippen LogP contribution in [0.4, 0.5) is 5.69 Å². The van der Waals surface area contributed by atoms with Gasteiger partial charge in [-0.3, -0.25) is 4.79 Å². The van der Waals surface area contributed by atoms with Crippen LogP contribution in [0.25, 0.3) is 0 Å². The van der Waals surface area contributed by atoms with Gasteiger partial charge in [0.15, 0.2) is 0 Å². The van der Waals surface area contributed by atoms with Gasteiger partial charge >= 0.3 is 0 Å². The third kappa shape index (κ3) is 4.30. The number of amides is 1. The van der Waals surface area contributed by atoms with Gasteiger partial charge in [0.2, 0.25) is 10.0 Å². The first-order chi connectivity index (χ1) is 10.3. The summed E-state index contributed by atoms with van der Waals surface area (Å²) in [6.07, 6.45) is 0.0721. The van der Waals surface area contributed by atoms with Gasteiger partial charge in [-0.1, -0.05) is 0 Å². The summed E-state index contributed by atoms with van der Waals surface area (Å²) in [6, 6.07) is 8.18. The highest BCUT2D eigenvalue weighted by atomic mass is 32.2. The smallest absolute Gasteiger partial charge is 0.256 e. The molecular weight excluding hydrogens is 324 g/mol. The van der Waals surface area contributed by atoms with Crippen LogP contribution in [0.1, 0.15) is 24.2 Å². The minimum Gasteiger partial charge on any atom is -0.491 e. The second kappa shape index (κ2) is 6.47. The largest absolute Gasteiger partial charge is 0.491 e. The molecule has 0 spiro atoms. The molecule has 2 aromatic rings. The number of benzene rings is 1. The molecule has 118 valence electrons. The maximum atomic E-state index is 12.0. The van der Waals surface area contributed by atoms with Crippen LogP contribution in [0, 0.1) is 0 Å². The van der Waals surface area contributed by atoms with Crippen molar-refractivity contribution in [3.63, 3.8) is 0 Å². The van der Waals surface area contributed by atoms with Gasteiger partial charge in [-0.25, -0.2) is 13.6 Å². The fraction of sp³-hybridized carbons (Fsp3) is 0.214. The quantitative estimate of drug-likeness (QED) is 0.873. The summed E-state index contributed by atoms with van der Waals surface area (Å²) < 4.78 is 27.9. The number of nitrogens with two attached hydrogens (primary N) is 1. The Morgan fingerprint density at radius 1 is 1.27 bits per heavy atom. The number of carbonyl (C=O) groups excluding carboxylic acids is 1. The first kappa shape index (κ1) is 16.5. The number of rotatable bonds is 5. The average molecular weight is 340 g/mol. The van der Waals surface area contributed by atoms with Gasteiger partial charge in [0.1, 0.15) is 9.96 Å². The molecular formula is C14H16N2O4S2. The Balaban J connectivity index is 2.07. The number of thiophene rings is 1. The third-order valence-electron chi connectivity index (χ3n) is 2.60. The predicted molar refractivity (Wildman–Crippen MR) is 85.9 cm³/mol. The first-order valence-corrected chi connectivity index (χ1v) is 8.88. The van der Waals surface area contributed by atoms with Crippen molar-refractivity contribution in [2.75, 3.05) is 5.32 Å². The Hall–Kier alpha value is -1.90. The van der Waals surface area contributed by atoms with Crippen molar-refractivity contribution in [1.82, 2.24) is 0 Å². The second-order valence-electron chi connectivity index (χ2n) is 4.84. The predicted octanol–water partition coefficient (Wildman–Crippen LogP) is 2.44. The zero-order chi connectivity index (χ0) is 16.3. The molecule has 0 atom stereocenters. The molecule has 0 unspecified atom stereocenters. The summed E-state index contributed by atoms with van der Waals surface area (Å²) in [6.45, 7) is 3.85. The highest BCUT2D eigenvalue weighted by Gasteiger charge is 2.15. The highest BCUT2D eigenvalue weighted by molar-refractivity contribution is 7.91. The van der Waals surface area contributed by atoms with Gasteiger partial charge in [-0.15, -0.1) is 11.3 Å². The van der Waals surface area contributed by atoms with E-state index in [0.717, 1.165) is 11.3 Å². The molecule has 1 amide bonds. The fourth-order valence-electron chi connectivity index (χ4n) is 1.68. The molecule has 0 saturated heterocycles. The zero-order valence-corrected chi connectivity index (χ0v) is 13.7. The SMILES string of the molecule is CC(C)Oc1ccc(NC(=O)c2csc(S(N)(=O)=O)c2)cc1. The van der Waals surface area contributed by atoms with Crippen molar-refractivity contribution in [2.45, 2.75) is 24.2 Å². The van der Waals surface area contributed by atoms with E-state index >= 15 is 0 Å². The van der Waals surface area contributed by atoms with E-state index in [-0.39, 0.29) is 15.9 Å². The van der Waals surface area contributed by atoms with E-state index in [4.69, 9.17) is 9.88 Å². The normalized spacial score (nSPS) is 11.5. The van der Waals surface area contributed by atoms with E-state index in [1.165, 1.54) is 11.4 Å². The zero-order valence-electron chi connectivity index (χ0n) is 12.1. The Bertz CT molecular complexity index is 764. The Morgan fingerprint density at radius 3 is 2.41 bits per heavy atom. The maximum Gasteiger partial charge on any atom is 0.256 e. The monoisotopic (exact) mass is 340 g/mol. The van der Waals surface area contributed by atoms with Crippen molar-refractivity contribution in [3.8, 4) is 5.75 Å². The number of nitrogens with one attached hydrogen (secondary N) is 1. The summed E-state index contributed by atoms with van der Waals surface area (Å²) in [5.41, 5.74) is 0.834. The number of hydrogen-bond donors (Lipinski definition) is 2. The Labute approximate surface area is 133 Å². The first-order valence-electron chi connectivity index (χ1n) is 6.45. The molecule has 0 radical (unpaired) electrons. The van der Waals surface area contributed by atoms with E-state index < -0.39 is 15.9 Å². The van der Waals surface area contributed by atoms with Crippen LogP contribution < -0.4 is 15.2 Å². The molecule has 0 aliphatic rings. The number of anilines is 1. The second-order valence-corrected chi connectivity index (χ2v) is 7.54. The Kier molecular flexibility index (Phi) is 4.84. The van der Waals surface area contributed by atoms with Crippen molar-refractivity contribution in [2.24, 2.45) is 5.14 Å². The van der Waals surface area contributed by atoms with Gasteiger partial charge in [0.05, 0.1) is 11.7 Å². The molecule has 0 fully saturated rings. The van der Waals surface area contributed by atoms with Crippen LogP contribution in [-0.2, 0) is 10.0 Å². The number of carbonyl (C=O) groups is 1. The average Bonchev–Trinajstić information content (AvgIpc) is 2.90. The molecule has 0 aliphatic carbocycles. The molecule has 0 saturated carbocycles. The highest BCUT2D eigenvalue weighted by Crippen LogP contribution is 2.21. The molecule has 1 heterocycles. The number of hydrogen-bond acceptors (Lipinski definition) is 5. The van der Waals surface area contributed by atoms with Crippen LogP contribution in [0.3, 0.4) is 0 Å². The summed E-state index contributed by atoms with van der Waals surface area (Å²) in [4.78, 5) is 12.0.